The molecule has 0 radical (unpaired) electrons. The number of ether oxygens (including phenoxy) is 2. The summed E-state index contributed by atoms with van der Waals surface area (Å²) < 4.78 is 12.6. The number of aryl methyl sites for hydroxylation is 2. The van der Waals surface area contributed by atoms with Crippen molar-refractivity contribution in [2.45, 2.75) is 20.5 Å². The van der Waals surface area contributed by atoms with Gasteiger partial charge in [-0.15, -0.1) is 0 Å². The summed E-state index contributed by atoms with van der Waals surface area (Å²) in [6.07, 6.45) is 1.51. The third kappa shape index (κ3) is 4.34. The third-order valence-corrected chi connectivity index (χ3v) is 4.28. The van der Waals surface area contributed by atoms with Gasteiger partial charge in [0.05, 0.1) is 13.3 Å². The van der Waals surface area contributed by atoms with E-state index in [-0.39, 0.29) is 16.0 Å². The summed E-state index contributed by atoms with van der Waals surface area (Å²) in [6.45, 7) is 3.99. The average molecular weight is 396 g/mol. The van der Waals surface area contributed by atoms with Crippen LogP contribution in [0.3, 0.4) is 0 Å². The fourth-order valence-corrected chi connectivity index (χ4v) is 2.78. The van der Waals surface area contributed by atoms with Crippen LogP contribution in [0, 0.1) is 18.6 Å². The van der Waals surface area contributed by atoms with Gasteiger partial charge in [0.2, 0.25) is 4.77 Å². The Morgan fingerprint density at radius 2 is 2.04 bits per heavy atom. The highest BCUT2D eigenvalue weighted by Crippen LogP contribution is 2.31. The Balaban J connectivity index is 1.95. The van der Waals surface area contributed by atoms with E-state index in [9.17, 15) is 4.79 Å². The van der Waals surface area contributed by atoms with Gasteiger partial charge in [-0.25, -0.2) is 0 Å². The SMILES string of the molecule is COc1cccc(/C=N\n2c(=S)[nH]nc(C)c2=O)c1OCc1cccc(C)c1. The normalized spacial score (nSPS) is 11.0. The monoisotopic (exact) mass is 396 g/mol. The van der Waals surface area contributed by atoms with E-state index in [1.165, 1.54) is 6.21 Å². The van der Waals surface area contributed by atoms with Crippen molar-refractivity contribution in [2.24, 2.45) is 5.10 Å². The maximum atomic E-state index is 12.2. The van der Waals surface area contributed by atoms with Gasteiger partial charge in [0.25, 0.3) is 5.56 Å². The number of nitrogens with zero attached hydrogens (tertiary/aromatic N) is 3. The number of aromatic amines is 1. The molecule has 0 aliphatic heterocycles. The highest BCUT2D eigenvalue weighted by atomic mass is 32.1. The molecule has 1 aromatic heterocycles. The number of hydrogen-bond donors (Lipinski definition) is 1. The molecule has 0 saturated carbocycles. The lowest BCUT2D eigenvalue weighted by molar-refractivity contribution is 0.284. The van der Waals surface area contributed by atoms with Crippen LogP contribution in [0.15, 0.2) is 52.4 Å². The van der Waals surface area contributed by atoms with Gasteiger partial charge in [-0.1, -0.05) is 35.9 Å². The second-order valence-electron chi connectivity index (χ2n) is 6.13. The number of H-pyrrole nitrogens is 1. The van der Waals surface area contributed by atoms with Crippen molar-refractivity contribution in [1.82, 2.24) is 14.9 Å². The Hall–Kier alpha value is -3.26. The van der Waals surface area contributed by atoms with E-state index >= 15 is 0 Å². The first kappa shape index (κ1) is 19.5. The molecule has 2 aromatic carbocycles. The number of benzene rings is 2. The topological polar surface area (TPSA) is 81.5 Å². The Kier molecular flexibility index (Phi) is 6.00. The fraction of sp³-hybridized carbons (Fsp3) is 0.200. The number of rotatable bonds is 6. The molecule has 144 valence electrons. The van der Waals surface area contributed by atoms with E-state index < -0.39 is 0 Å². The van der Waals surface area contributed by atoms with Gasteiger partial charge in [-0.2, -0.15) is 14.9 Å². The molecule has 28 heavy (non-hydrogen) atoms. The van der Waals surface area contributed by atoms with Crippen molar-refractivity contribution in [3.8, 4) is 11.5 Å². The minimum absolute atomic E-state index is 0.108. The molecule has 8 heteroatoms. The van der Waals surface area contributed by atoms with E-state index in [4.69, 9.17) is 21.7 Å². The Bertz CT molecular complexity index is 1130. The molecular weight excluding hydrogens is 376 g/mol. The average Bonchev–Trinajstić information content (AvgIpc) is 2.69. The van der Waals surface area contributed by atoms with Gasteiger partial charge in [0.1, 0.15) is 12.3 Å². The molecule has 3 rings (SSSR count). The maximum Gasteiger partial charge on any atom is 0.296 e. The summed E-state index contributed by atoms with van der Waals surface area (Å²) in [4.78, 5) is 12.2. The van der Waals surface area contributed by atoms with E-state index in [0.29, 0.717) is 23.7 Å². The van der Waals surface area contributed by atoms with Gasteiger partial charge in [-0.3, -0.25) is 9.89 Å². The van der Waals surface area contributed by atoms with Crippen LogP contribution >= 0.6 is 12.2 Å². The van der Waals surface area contributed by atoms with Gasteiger partial charge in [0.15, 0.2) is 11.5 Å². The van der Waals surface area contributed by atoms with E-state index in [1.54, 1.807) is 20.1 Å². The van der Waals surface area contributed by atoms with Crippen LogP contribution in [0.2, 0.25) is 0 Å². The lowest BCUT2D eigenvalue weighted by Crippen LogP contribution is -2.22. The minimum atomic E-state index is -0.384. The molecule has 7 nitrogen and oxygen atoms in total. The van der Waals surface area contributed by atoms with Crippen molar-refractivity contribution in [2.75, 3.05) is 7.11 Å². The molecule has 0 aliphatic carbocycles. The van der Waals surface area contributed by atoms with Gasteiger partial charge < -0.3 is 9.47 Å². The van der Waals surface area contributed by atoms with Crippen molar-refractivity contribution in [3.05, 3.63) is 80.0 Å². The predicted octanol–water partition coefficient (Wildman–Crippen LogP) is 3.39. The van der Waals surface area contributed by atoms with Crippen LogP contribution in [0.5, 0.6) is 11.5 Å². The molecule has 0 amide bonds. The molecule has 0 unspecified atom stereocenters. The Morgan fingerprint density at radius 1 is 1.25 bits per heavy atom. The van der Waals surface area contributed by atoms with Crippen molar-refractivity contribution in [1.29, 1.82) is 0 Å². The summed E-state index contributed by atoms with van der Waals surface area (Å²) in [7, 11) is 1.57. The molecule has 1 heterocycles. The van der Waals surface area contributed by atoms with Crippen molar-refractivity contribution < 1.29 is 9.47 Å². The maximum absolute atomic E-state index is 12.2. The first-order chi connectivity index (χ1) is 13.5. The smallest absolute Gasteiger partial charge is 0.296 e. The highest BCUT2D eigenvalue weighted by molar-refractivity contribution is 7.71. The van der Waals surface area contributed by atoms with Crippen molar-refractivity contribution >= 4 is 18.4 Å². The van der Waals surface area contributed by atoms with Gasteiger partial charge in [0, 0.05) is 5.56 Å². The largest absolute Gasteiger partial charge is 0.493 e. The summed E-state index contributed by atoms with van der Waals surface area (Å²) in [5.41, 5.74) is 2.74. The lowest BCUT2D eigenvalue weighted by Gasteiger charge is -2.13. The van der Waals surface area contributed by atoms with Crippen LogP contribution in [0.4, 0.5) is 0 Å². The Labute approximate surface area is 167 Å². The molecule has 0 fully saturated rings. The number of methoxy groups -OCH3 is 1. The lowest BCUT2D eigenvalue weighted by atomic mass is 10.1. The quantitative estimate of drug-likeness (QED) is 0.510. The van der Waals surface area contributed by atoms with Crippen LogP contribution in [0.1, 0.15) is 22.4 Å². The second-order valence-corrected chi connectivity index (χ2v) is 6.52. The summed E-state index contributed by atoms with van der Waals surface area (Å²) in [5.74, 6) is 1.10. The van der Waals surface area contributed by atoms with E-state index in [0.717, 1.165) is 15.8 Å². The molecule has 0 spiro atoms. The van der Waals surface area contributed by atoms with Gasteiger partial charge in [-0.05, 0) is 43.8 Å². The summed E-state index contributed by atoms with van der Waals surface area (Å²) >= 11 is 5.10. The summed E-state index contributed by atoms with van der Waals surface area (Å²) in [5, 5.41) is 10.6. The standard InChI is InChI=1S/C20H20N4O3S/c1-13-6-4-7-15(10-13)12-27-18-16(8-5-9-17(18)26-3)11-21-24-19(25)14(2)22-23-20(24)28/h4-11H,12H2,1-3H3,(H,23,28)/b21-11-. The molecule has 3 aromatic rings. The highest BCUT2D eigenvalue weighted by Gasteiger charge is 2.10. The fourth-order valence-electron chi connectivity index (χ4n) is 2.60. The molecule has 0 aliphatic rings. The first-order valence-electron chi connectivity index (χ1n) is 8.57. The number of hydrogen-bond acceptors (Lipinski definition) is 6. The minimum Gasteiger partial charge on any atom is -0.493 e. The van der Waals surface area contributed by atoms with Crippen LogP contribution in [-0.2, 0) is 6.61 Å². The zero-order valence-electron chi connectivity index (χ0n) is 15.8. The number of aromatic nitrogens is 3. The zero-order chi connectivity index (χ0) is 20.1. The van der Waals surface area contributed by atoms with E-state index in [2.05, 4.69) is 21.4 Å². The predicted molar refractivity (Wildman–Crippen MR) is 110 cm³/mol. The number of nitrogens with one attached hydrogen (secondary N) is 1. The number of para-hydroxylation sites is 1. The molecule has 1 N–H and O–H groups in total. The second kappa shape index (κ2) is 8.62. The first-order valence-corrected chi connectivity index (χ1v) is 8.98. The molecule has 0 bridgehead atoms. The Morgan fingerprint density at radius 3 is 2.79 bits per heavy atom. The van der Waals surface area contributed by atoms with Crippen LogP contribution in [-0.4, -0.2) is 28.2 Å². The molecule has 0 atom stereocenters. The van der Waals surface area contributed by atoms with Gasteiger partial charge >= 0.3 is 0 Å². The van der Waals surface area contributed by atoms with Crippen LogP contribution in [0.25, 0.3) is 0 Å². The van der Waals surface area contributed by atoms with Crippen molar-refractivity contribution in [3.63, 3.8) is 0 Å². The van der Waals surface area contributed by atoms with Crippen LogP contribution < -0.4 is 15.0 Å². The molecule has 0 saturated heterocycles. The zero-order valence-corrected chi connectivity index (χ0v) is 16.6. The summed E-state index contributed by atoms with van der Waals surface area (Å²) in [6, 6.07) is 13.5. The third-order valence-electron chi connectivity index (χ3n) is 4.02. The molecular formula is C20H20N4O3S. The van der Waals surface area contributed by atoms with E-state index in [1.807, 2.05) is 37.3 Å².